The second kappa shape index (κ2) is 6.31. The first kappa shape index (κ1) is 15.3. The molecule has 8 heteroatoms. The highest BCUT2D eigenvalue weighted by Crippen LogP contribution is 2.14. The first-order valence-electron chi connectivity index (χ1n) is 7.92. The quantitative estimate of drug-likeness (QED) is 0.585. The van der Waals surface area contributed by atoms with E-state index in [0.717, 1.165) is 17.0 Å². The van der Waals surface area contributed by atoms with Crippen molar-refractivity contribution in [3.8, 4) is 5.69 Å². The molecular weight excluding hydrogens is 321 g/mol. The molecule has 2 heterocycles. The molecule has 0 atom stereocenters. The second-order valence-electron chi connectivity index (χ2n) is 5.77. The van der Waals surface area contributed by atoms with Crippen LogP contribution in [-0.2, 0) is 6.42 Å². The largest absolute Gasteiger partial charge is 0.352 e. The van der Waals surface area contributed by atoms with Gasteiger partial charge in [-0.25, -0.2) is 9.37 Å². The number of rotatable bonds is 5. The van der Waals surface area contributed by atoms with Gasteiger partial charge in [0, 0.05) is 13.0 Å². The van der Waals surface area contributed by atoms with Crippen molar-refractivity contribution >= 4 is 17.0 Å². The van der Waals surface area contributed by atoms with Crippen LogP contribution in [0.25, 0.3) is 16.7 Å². The van der Waals surface area contributed by atoms with Gasteiger partial charge in [-0.2, -0.15) is 4.68 Å². The summed E-state index contributed by atoms with van der Waals surface area (Å²) < 4.78 is 14.9. The standard InChI is InChI=1S/C17H16FN7/c1-11-2-5-13(6-3-11)25-17(22-23-24-25)19-9-8-16-20-14-7-4-12(18)10-15(14)21-16/h2-7,10H,8-9H2,1H3,(H,20,21)(H,19,22,24). The van der Waals surface area contributed by atoms with Gasteiger partial charge in [0.25, 0.3) is 0 Å². The Balaban J connectivity index is 1.45. The Hall–Kier alpha value is -3.29. The van der Waals surface area contributed by atoms with Gasteiger partial charge in [-0.05, 0) is 47.7 Å². The first-order valence-corrected chi connectivity index (χ1v) is 7.92. The van der Waals surface area contributed by atoms with Crippen molar-refractivity contribution in [2.45, 2.75) is 13.3 Å². The molecule has 0 aliphatic rings. The topological polar surface area (TPSA) is 84.3 Å². The number of anilines is 1. The van der Waals surface area contributed by atoms with Crippen LogP contribution in [0.3, 0.4) is 0 Å². The predicted octanol–water partition coefficient (Wildman–Crippen LogP) is 2.64. The summed E-state index contributed by atoms with van der Waals surface area (Å²) >= 11 is 0. The predicted molar refractivity (Wildman–Crippen MR) is 92.1 cm³/mol. The third-order valence-corrected chi connectivity index (χ3v) is 3.89. The molecule has 2 N–H and O–H groups in total. The Morgan fingerprint density at radius 3 is 2.84 bits per heavy atom. The van der Waals surface area contributed by atoms with E-state index in [4.69, 9.17) is 0 Å². The first-order chi connectivity index (χ1) is 12.2. The van der Waals surface area contributed by atoms with Crippen LogP contribution in [0, 0.1) is 12.7 Å². The van der Waals surface area contributed by atoms with Crippen molar-refractivity contribution in [2.24, 2.45) is 0 Å². The summed E-state index contributed by atoms with van der Waals surface area (Å²) in [6.07, 6.45) is 0.636. The summed E-state index contributed by atoms with van der Waals surface area (Å²) in [4.78, 5) is 7.56. The number of aromatic amines is 1. The fraction of sp³-hybridized carbons (Fsp3) is 0.176. The molecule has 4 rings (SSSR count). The van der Waals surface area contributed by atoms with E-state index in [1.807, 2.05) is 31.2 Å². The molecule has 0 aliphatic heterocycles. The van der Waals surface area contributed by atoms with Crippen LogP contribution in [0.4, 0.5) is 10.3 Å². The number of hydrogen-bond acceptors (Lipinski definition) is 5. The van der Waals surface area contributed by atoms with Crippen molar-refractivity contribution in [2.75, 3.05) is 11.9 Å². The molecule has 0 saturated heterocycles. The molecule has 0 unspecified atom stereocenters. The van der Waals surface area contributed by atoms with Gasteiger partial charge in [0.2, 0.25) is 5.95 Å². The number of aromatic nitrogens is 6. The maximum absolute atomic E-state index is 13.2. The Kier molecular flexibility index (Phi) is 3.85. The van der Waals surface area contributed by atoms with Crippen molar-refractivity contribution < 1.29 is 4.39 Å². The van der Waals surface area contributed by atoms with Crippen LogP contribution in [0.2, 0.25) is 0 Å². The molecule has 0 aliphatic carbocycles. The van der Waals surface area contributed by atoms with E-state index < -0.39 is 0 Å². The lowest BCUT2D eigenvalue weighted by molar-refractivity contribution is 0.629. The van der Waals surface area contributed by atoms with Crippen molar-refractivity contribution in [1.29, 1.82) is 0 Å². The van der Waals surface area contributed by atoms with Gasteiger partial charge >= 0.3 is 0 Å². The molecule has 126 valence electrons. The molecular formula is C17H16FN7. The fourth-order valence-electron chi connectivity index (χ4n) is 2.60. The van der Waals surface area contributed by atoms with E-state index >= 15 is 0 Å². The Bertz CT molecular complexity index is 1000. The molecule has 0 radical (unpaired) electrons. The van der Waals surface area contributed by atoms with Crippen LogP contribution < -0.4 is 5.32 Å². The van der Waals surface area contributed by atoms with Gasteiger partial charge in [-0.15, -0.1) is 0 Å². The van der Waals surface area contributed by atoms with E-state index in [0.29, 0.717) is 24.4 Å². The third-order valence-electron chi connectivity index (χ3n) is 3.89. The molecule has 0 fully saturated rings. The zero-order valence-electron chi connectivity index (χ0n) is 13.6. The SMILES string of the molecule is Cc1ccc(-n2nnnc2NCCc2nc3ccc(F)cc3[nH]2)cc1. The van der Waals surface area contributed by atoms with Gasteiger partial charge in [0.05, 0.1) is 16.7 Å². The van der Waals surface area contributed by atoms with Crippen molar-refractivity contribution in [1.82, 2.24) is 30.2 Å². The number of nitrogens with one attached hydrogen (secondary N) is 2. The molecule has 0 spiro atoms. The van der Waals surface area contributed by atoms with Gasteiger partial charge in [-0.1, -0.05) is 22.8 Å². The molecule has 4 aromatic rings. The molecule has 0 amide bonds. The average Bonchev–Trinajstić information content (AvgIpc) is 3.22. The summed E-state index contributed by atoms with van der Waals surface area (Å²) in [5.41, 5.74) is 3.50. The summed E-state index contributed by atoms with van der Waals surface area (Å²) in [5.74, 6) is 1.06. The Morgan fingerprint density at radius 1 is 1.16 bits per heavy atom. The summed E-state index contributed by atoms with van der Waals surface area (Å²) in [6, 6.07) is 12.5. The maximum Gasteiger partial charge on any atom is 0.247 e. The summed E-state index contributed by atoms with van der Waals surface area (Å²) in [7, 11) is 0. The minimum atomic E-state index is -0.280. The lowest BCUT2D eigenvalue weighted by atomic mass is 10.2. The molecule has 2 aromatic carbocycles. The van der Waals surface area contributed by atoms with Crippen LogP contribution in [-0.4, -0.2) is 36.7 Å². The number of benzene rings is 2. The zero-order valence-corrected chi connectivity index (χ0v) is 13.6. The van der Waals surface area contributed by atoms with Gasteiger partial charge in [0.15, 0.2) is 0 Å². The minimum Gasteiger partial charge on any atom is -0.352 e. The van der Waals surface area contributed by atoms with Gasteiger partial charge in [0.1, 0.15) is 11.6 Å². The van der Waals surface area contributed by atoms with Gasteiger partial charge < -0.3 is 10.3 Å². The zero-order chi connectivity index (χ0) is 17.2. The van der Waals surface area contributed by atoms with Crippen LogP contribution in [0.5, 0.6) is 0 Å². The highest BCUT2D eigenvalue weighted by atomic mass is 19.1. The minimum absolute atomic E-state index is 0.280. The highest BCUT2D eigenvalue weighted by molar-refractivity contribution is 5.74. The number of hydrogen-bond donors (Lipinski definition) is 2. The average molecular weight is 337 g/mol. The van der Waals surface area contributed by atoms with E-state index in [-0.39, 0.29) is 5.82 Å². The molecule has 7 nitrogen and oxygen atoms in total. The van der Waals surface area contributed by atoms with Crippen LogP contribution in [0.1, 0.15) is 11.4 Å². The molecule has 0 bridgehead atoms. The number of tetrazole rings is 1. The number of fused-ring (bicyclic) bond motifs is 1. The molecule has 25 heavy (non-hydrogen) atoms. The Morgan fingerprint density at radius 2 is 2.00 bits per heavy atom. The number of H-pyrrole nitrogens is 1. The van der Waals surface area contributed by atoms with Crippen LogP contribution >= 0.6 is 0 Å². The smallest absolute Gasteiger partial charge is 0.247 e. The lowest BCUT2D eigenvalue weighted by Gasteiger charge is -2.06. The normalized spacial score (nSPS) is 11.1. The summed E-state index contributed by atoms with van der Waals surface area (Å²) in [5, 5.41) is 15.0. The van der Waals surface area contributed by atoms with E-state index in [9.17, 15) is 4.39 Å². The number of aryl methyl sites for hydroxylation is 1. The number of nitrogens with zero attached hydrogens (tertiary/aromatic N) is 5. The monoisotopic (exact) mass is 337 g/mol. The van der Waals surface area contributed by atoms with E-state index in [2.05, 4.69) is 30.8 Å². The summed E-state index contributed by atoms with van der Waals surface area (Å²) in [6.45, 7) is 2.62. The number of halogens is 1. The van der Waals surface area contributed by atoms with Crippen molar-refractivity contribution in [3.05, 3.63) is 59.7 Å². The second-order valence-corrected chi connectivity index (χ2v) is 5.77. The maximum atomic E-state index is 13.2. The van der Waals surface area contributed by atoms with E-state index in [1.54, 1.807) is 10.7 Å². The fourth-order valence-corrected chi connectivity index (χ4v) is 2.60. The van der Waals surface area contributed by atoms with Gasteiger partial charge in [-0.3, -0.25) is 0 Å². The Labute approximate surface area is 142 Å². The lowest BCUT2D eigenvalue weighted by Crippen LogP contribution is -2.11. The highest BCUT2D eigenvalue weighted by Gasteiger charge is 2.08. The molecule has 0 saturated carbocycles. The number of imidazole rings is 1. The van der Waals surface area contributed by atoms with Crippen LogP contribution in [0.15, 0.2) is 42.5 Å². The molecule has 2 aromatic heterocycles. The third kappa shape index (κ3) is 3.18. The van der Waals surface area contributed by atoms with E-state index in [1.165, 1.54) is 17.7 Å². The van der Waals surface area contributed by atoms with Crippen molar-refractivity contribution in [3.63, 3.8) is 0 Å².